The number of imidazole rings is 1. The third-order valence-electron chi connectivity index (χ3n) is 3.29. The van der Waals surface area contributed by atoms with Crippen molar-refractivity contribution in [3.05, 3.63) is 42.0 Å². The molecule has 5 heteroatoms. The van der Waals surface area contributed by atoms with E-state index in [0.717, 1.165) is 18.8 Å². The maximum atomic E-state index is 12.5. The molecule has 0 aliphatic heterocycles. The molecule has 0 aliphatic rings. The van der Waals surface area contributed by atoms with Crippen LogP contribution in [0.25, 0.3) is 0 Å². The number of rotatable bonds is 7. The van der Waals surface area contributed by atoms with Gasteiger partial charge in [0.15, 0.2) is 17.3 Å². The van der Waals surface area contributed by atoms with Gasteiger partial charge >= 0.3 is 0 Å². The zero-order valence-electron chi connectivity index (χ0n) is 12.6. The van der Waals surface area contributed by atoms with Crippen LogP contribution in [0.15, 0.2) is 30.6 Å². The van der Waals surface area contributed by atoms with Gasteiger partial charge in [-0.3, -0.25) is 4.79 Å². The van der Waals surface area contributed by atoms with Gasteiger partial charge in [-0.1, -0.05) is 13.0 Å². The summed E-state index contributed by atoms with van der Waals surface area (Å²) in [5.41, 5.74) is 0.517. The fourth-order valence-corrected chi connectivity index (χ4v) is 2.30. The van der Waals surface area contributed by atoms with Crippen LogP contribution >= 0.6 is 0 Å². The molecule has 0 spiro atoms. The maximum absolute atomic E-state index is 12.5. The second-order valence-corrected chi connectivity index (χ2v) is 4.68. The minimum atomic E-state index is -0.0331. The zero-order chi connectivity index (χ0) is 15.2. The van der Waals surface area contributed by atoms with E-state index in [1.54, 1.807) is 31.5 Å². The molecule has 0 atom stereocenters. The second-order valence-electron chi connectivity index (χ2n) is 4.68. The Labute approximate surface area is 124 Å². The van der Waals surface area contributed by atoms with Gasteiger partial charge in [0.25, 0.3) is 0 Å². The van der Waals surface area contributed by atoms with Crippen molar-refractivity contribution in [2.75, 3.05) is 14.2 Å². The largest absolute Gasteiger partial charge is 0.493 e. The van der Waals surface area contributed by atoms with Gasteiger partial charge in [0, 0.05) is 18.9 Å². The fourth-order valence-electron chi connectivity index (χ4n) is 2.30. The van der Waals surface area contributed by atoms with Crippen molar-refractivity contribution < 1.29 is 14.3 Å². The first-order valence-corrected chi connectivity index (χ1v) is 6.95. The number of para-hydroxylation sites is 1. The lowest BCUT2D eigenvalue weighted by Crippen LogP contribution is -2.11. The summed E-state index contributed by atoms with van der Waals surface area (Å²) in [6.07, 6.45) is 4.87. The number of hydrogen-bond acceptors (Lipinski definition) is 4. The quantitative estimate of drug-likeness (QED) is 0.735. The van der Waals surface area contributed by atoms with Gasteiger partial charge in [-0.2, -0.15) is 0 Å². The summed E-state index contributed by atoms with van der Waals surface area (Å²) in [6, 6.07) is 5.30. The molecule has 0 saturated heterocycles. The Morgan fingerprint density at radius 3 is 2.76 bits per heavy atom. The second kappa shape index (κ2) is 6.92. The van der Waals surface area contributed by atoms with Crippen molar-refractivity contribution in [2.45, 2.75) is 26.3 Å². The highest BCUT2D eigenvalue weighted by Crippen LogP contribution is 2.31. The Kier molecular flexibility index (Phi) is 4.98. The Bertz CT molecular complexity index is 620. The number of carbonyl (C=O) groups is 1. The molecule has 2 rings (SSSR count). The highest BCUT2D eigenvalue weighted by atomic mass is 16.5. The average Bonchev–Trinajstić information content (AvgIpc) is 2.93. The number of carbonyl (C=O) groups excluding carboxylic acids is 1. The molecular weight excluding hydrogens is 268 g/mol. The van der Waals surface area contributed by atoms with E-state index in [1.807, 2.05) is 10.8 Å². The third kappa shape index (κ3) is 3.24. The molecule has 1 aromatic heterocycles. The Morgan fingerprint density at radius 2 is 2.10 bits per heavy atom. The van der Waals surface area contributed by atoms with E-state index in [1.165, 1.54) is 7.11 Å². The number of Topliss-reactive ketones (excluding diaryl/α,β-unsaturated/α-hetero) is 1. The smallest absolute Gasteiger partial charge is 0.174 e. The molecule has 0 amide bonds. The summed E-state index contributed by atoms with van der Waals surface area (Å²) in [5, 5.41) is 0. The number of ether oxygens (including phenoxy) is 2. The summed E-state index contributed by atoms with van der Waals surface area (Å²) in [6.45, 7) is 2.95. The van der Waals surface area contributed by atoms with Gasteiger partial charge in [0.1, 0.15) is 5.82 Å². The van der Waals surface area contributed by atoms with E-state index in [-0.39, 0.29) is 12.2 Å². The number of methoxy groups -OCH3 is 2. The lowest BCUT2D eigenvalue weighted by molar-refractivity contribution is 0.0986. The van der Waals surface area contributed by atoms with E-state index in [9.17, 15) is 4.79 Å². The molecule has 0 radical (unpaired) electrons. The van der Waals surface area contributed by atoms with E-state index in [4.69, 9.17) is 9.47 Å². The van der Waals surface area contributed by atoms with Crippen LogP contribution in [0.1, 0.15) is 29.5 Å². The van der Waals surface area contributed by atoms with Gasteiger partial charge in [-0.25, -0.2) is 4.98 Å². The number of aryl methyl sites for hydroxylation is 1. The molecule has 0 N–H and O–H groups in total. The summed E-state index contributed by atoms with van der Waals surface area (Å²) in [4.78, 5) is 16.8. The van der Waals surface area contributed by atoms with Crippen molar-refractivity contribution >= 4 is 5.78 Å². The van der Waals surface area contributed by atoms with Crippen LogP contribution in [-0.4, -0.2) is 29.6 Å². The number of aromatic nitrogens is 2. The topological polar surface area (TPSA) is 53.4 Å². The van der Waals surface area contributed by atoms with Crippen LogP contribution in [0, 0.1) is 0 Å². The molecule has 1 heterocycles. The van der Waals surface area contributed by atoms with Crippen molar-refractivity contribution in [1.82, 2.24) is 9.55 Å². The van der Waals surface area contributed by atoms with Crippen molar-refractivity contribution in [1.29, 1.82) is 0 Å². The number of hydrogen-bond donors (Lipinski definition) is 0. The molecule has 0 aliphatic carbocycles. The van der Waals surface area contributed by atoms with Gasteiger partial charge in [-0.15, -0.1) is 0 Å². The Hall–Kier alpha value is -2.30. The normalized spacial score (nSPS) is 10.4. The molecule has 0 fully saturated rings. The van der Waals surface area contributed by atoms with Crippen molar-refractivity contribution in [3.8, 4) is 11.5 Å². The summed E-state index contributed by atoms with van der Waals surface area (Å²) >= 11 is 0. The molecule has 5 nitrogen and oxygen atoms in total. The Morgan fingerprint density at radius 1 is 1.29 bits per heavy atom. The molecule has 0 bridgehead atoms. The summed E-state index contributed by atoms with van der Waals surface area (Å²) in [7, 11) is 3.09. The van der Waals surface area contributed by atoms with Crippen LogP contribution in [-0.2, 0) is 13.0 Å². The number of nitrogens with zero attached hydrogens (tertiary/aromatic N) is 2. The minimum Gasteiger partial charge on any atom is -0.493 e. The van der Waals surface area contributed by atoms with Gasteiger partial charge in [0.05, 0.1) is 26.2 Å². The standard InChI is InChI=1S/C16H20N2O3/c1-4-9-18-10-8-17-15(18)11-13(19)12-6-5-7-14(20-2)16(12)21-3/h5-8,10H,4,9,11H2,1-3H3. The maximum Gasteiger partial charge on any atom is 0.174 e. The lowest BCUT2D eigenvalue weighted by atomic mass is 10.1. The van der Waals surface area contributed by atoms with E-state index in [0.29, 0.717) is 17.1 Å². The molecule has 21 heavy (non-hydrogen) atoms. The van der Waals surface area contributed by atoms with Crippen molar-refractivity contribution in [3.63, 3.8) is 0 Å². The van der Waals surface area contributed by atoms with Gasteiger partial charge in [0.2, 0.25) is 0 Å². The Balaban J connectivity index is 2.26. The molecule has 0 saturated carbocycles. The molecule has 0 unspecified atom stereocenters. The predicted molar refractivity (Wildman–Crippen MR) is 80.1 cm³/mol. The fraction of sp³-hybridized carbons (Fsp3) is 0.375. The molecule has 1 aromatic carbocycles. The third-order valence-corrected chi connectivity index (χ3v) is 3.29. The van der Waals surface area contributed by atoms with E-state index < -0.39 is 0 Å². The van der Waals surface area contributed by atoms with Crippen molar-refractivity contribution in [2.24, 2.45) is 0 Å². The number of benzene rings is 1. The monoisotopic (exact) mass is 288 g/mol. The molecular formula is C16H20N2O3. The predicted octanol–water partition coefficient (Wildman–Crippen LogP) is 2.74. The minimum absolute atomic E-state index is 0.0331. The first-order valence-electron chi connectivity index (χ1n) is 6.95. The first-order chi connectivity index (χ1) is 10.2. The zero-order valence-corrected chi connectivity index (χ0v) is 12.6. The number of ketones is 1. The summed E-state index contributed by atoms with van der Waals surface area (Å²) < 4.78 is 12.5. The highest BCUT2D eigenvalue weighted by molar-refractivity contribution is 6.00. The van der Waals surface area contributed by atoms with E-state index >= 15 is 0 Å². The van der Waals surface area contributed by atoms with Crippen LogP contribution < -0.4 is 9.47 Å². The highest BCUT2D eigenvalue weighted by Gasteiger charge is 2.18. The lowest BCUT2D eigenvalue weighted by Gasteiger charge is -2.12. The van der Waals surface area contributed by atoms with Gasteiger partial charge in [-0.05, 0) is 18.6 Å². The average molecular weight is 288 g/mol. The SMILES string of the molecule is CCCn1ccnc1CC(=O)c1cccc(OC)c1OC. The molecule has 2 aromatic rings. The van der Waals surface area contributed by atoms with Crippen LogP contribution in [0.4, 0.5) is 0 Å². The van der Waals surface area contributed by atoms with Crippen LogP contribution in [0.3, 0.4) is 0 Å². The van der Waals surface area contributed by atoms with Crippen LogP contribution in [0.5, 0.6) is 11.5 Å². The van der Waals surface area contributed by atoms with Crippen LogP contribution in [0.2, 0.25) is 0 Å². The summed E-state index contributed by atoms with van der Waals surface area (Å²) in [5.74, 6) is 1.76. The molecule has 112 valence electrons. The first kappa shape index (κ1) is 15.1. The van der Waals surface area contributed by atoms with Gasteiger partial charge < -0.3 is 14.0 Å². The van der Waals surface area contributed by atoms with E-state index in [2.05, 4.69) is 11.9 Å².